The molecule has 0 unspecified atom stereocenters. The van der Waals surface area contributed by atoms with Crippen molar-refractivity contribution >= 4 is 11.9 Å². The maximum atomic E-state index is 12.5. The van der Waals surface area contributed by atoms with E-state index in [4.69, 9.17) is 14.2 Å². The predicted molar refractivity (Wildman–Crippen MR) is 105 cm³/mol. The Morgan fingerprint density at radius 2 is 1.12 bits per heavy atom. The highest BCUT2D eigenvalue weighted by Gasteiger charge is 2.49. The molecule has 9 N–H and O–H groups in total. The summed E-state index contributed by atoms with van der Waals surface area (Å²) in [7, 11) is 0. The van der Waals surface area contributed by atoms with E-state index in [2.05, 4.69) is 0 Å². The molecule has 5 atom stereocenters. The summed E-state index contributed by atoms with van der Waals surface area (Å²) < 4.78 is 15.1. The van der Waals surface area contributed by atoms with Crippen LogP contribution in [0.3, 0.4) is 0 Å². The lowest BCUT2D eigenvalue weighted by Gasteiger charge is -2.41. The highest BCUT2D eigenvalue weighted by molar-refractivity contribution is 5.92. The first-order valence-corrected chi connectivity index (χ1v) is 9.48. The highest BCUT2D eigenvalue weighted by Crippen LogP contribution is 2.37. The molecule has 184 valence electrons. The van der Waals surface area contributed by atoms with Crippen molar-refractivity contribution in [3.63, 3.8) is 0 Å². The molecule has 14 nitrogen and oxygen atoms in total. The van der Waals surface area contributed by atoms with Gasteiger partial charge < -0.3 is 60.2 Å². The summed E-state index contributed by atoms with van der Waals surface area (Å²) in [5.41, 5.74) is -0.952. The SMILES string of the molecule is O=C(O[C@@H]1[C@@H](O)[C@H](OC(=O)c2cc(O)c(O)c(O)c2)[C@@H](CO)O[C@@H]1O)c1cc(O)c(O)c(O)c1. The lowest BCUT2D eigenvalue weighted by atomic mass is 9.98. The number of esters is 2. The first-order valence-electron chi connectivity index (χ1n) is 9.48. The number of ether oxygens (including phenoxy) is 3. The van der Waals surface area contributed by atoms with E-state index < -0.39 is 94.9 Å². The van der Waals surface area contributed by atoms with Crippen molar-refractivity contribution in [2.24, 2.45) is 0 Å². The Morgan fingerprint density at radius 1 is 0.735 bits per heavy atom. The second-order valence-corrected chi connectivity index (χ2v) is 7.20. The first kappa shape index (κ1) is 24.7. The number of benzene rings is 2. The van der Waals surface area contributed by atoms with Gasteiger partial charge in [0.05, 0.1) is 17.7 Å². The standard InChI is InChI=1S/C20H20O14/c21-5-12-16(33-18(29)6-1-8(22)13(26)9(23)2-6)15(28)17(20(31)32-12)34-19(30)7-3-10(24)14(27)11(25)4-7/h1-4,12,15-17,20-28,31H,5H2/t12-,15+,16-,17-,20+/m1/s1. The number of carbonyl (C=O) groups is 2. The molecule has 14 heteroatoms. The van der Waals surface area contributed by atoms with Gasteiger partial charge in [0, 0.05) is 0 Å². The van der Waals surface area contributed by atoms with Gasteiger partial charge in [0.25, 0.3) is 0 Å². The second-order valence-electron chi connectivity index (χ2n) is 7.20. The minimum Gasteiger partial charge on any atom is -0.504 e. The van der Waals surface area contributed by atoms with E-state index >= 15 is 0 Å². The van der Waals surface area contributed by atoms with E-state index in [-0.39, 0.29) is 0 Å². The van der Waals surface area contributed by atoms with Crippen molar-refractivity contribution in [3.8, 4) is 34.5 Å². The van der Waals surface area contributed by atoms with Gasteiger partial charge in [0.2, 0.25) is 0 Å². The van der Waals surface area contributed by atoms with E-state index in [0.29, 0.717) is 0 Å². The summed E-state index contributed by atoms with van der Waals surface area (Å²) in [6, 6.07) is 2.96. The molecule has 0 bridgehead atoms. The van der Waals surface area contributed by atoms with Crippen molar-refractivity contribution in [3.05, 3.63) is 35.4 Å². The van der Waals surface area contributed by atoms with Gasteiger partial charge >= 0.3 is 11.9 Å². The summed E-state index contributed by atoms with van der Waals surface area (Å²) in [6.07, 6.45) is -9.12. The van der Waals surface area contributed by atoms with E-state index in [9.17, 15) is 55.5 Å². The lowest BCUT2D eigenvalue weighted by Crippen LogP contribution is -2.61. The van der Waals surface area contributed by atoms with Gasteiger partial charge in [-0.1, -0.05) is 0 Å². The number of phenolic OH excluding ortho intramolecular Hbond substituents is 6. The molecule has 1 aliphatic rings. The van der Waals surface area contributed by atoms with Crippen molar-refractivity contribution < 1.29 is 69.8 Å². The van der Waals surface area contributed by atoms with Gasteiger partial charge in [0.1, 0.15) is 12.2 Å². The maximum Gasteiger partial charge on any atom is 0.338 e. The summed E-state index contributed by atoms with van der Waals surface area (Å²) in [5.74, 6) is -7.78. The molecule has 0 aliphatic carbocycles. The topological polar surface area (TPSA) is 244 Å². The van der Waals surface area contributed by atoms with Crippen LogP contribution in [-0.4, -0.2) is 95.2 Å². The molecule has 0 spiro atoms. The van der Waals surface area contributed by atoms with Gasteiger partial charge in [0.15, 0.2) is 53.0 Å². The van der Waals surface area contributed by atoms with Crippen LogP contribution in [0.4, 0.5) is 0 Å². The van der Waals surface area contributed by atoms with Crippen LogP contribution >= 0.6 is 0 Å². The third-order valence-corrected chi connectivity index (χ3v) is 4.91. The molecule has 1 fully saturated rings. The van der Waals surface area contributed by atoms with Crippen LogP contribution in [0.25, 0.3) is 0 Å². The summed E-state index contributed by atoms with van der Waals surface area (Å²) in [5, 5.41) is 87.2. The molecular formula is C20H20O14. The Morgan fingerprint density at radius 3 is 1.50 bits per heavy atom. The quantitative estimate of drug-likeness (QED) is 0.178. The van der Waals surface area contributed by atoms with Crippen LogP contribution in [-0.2, 0) is 14.2 Å². The average molecular weight is 484 g/mol. The monoisotopic (exact) mass is 484 g/mol. The van der Waals surface area contributed by atoms with Crippen LogP contribution in [0.1, 0.15) is 20.7 Å². The molecule has 34 heavy (non-hydrogen) atoms. The van der Waals surface area contributed by atoms with Crippen LogP contribution in [0, 0.1) is 0 Å². The number of hydrogen-bond donors (Lipinski definition) is 9. The number of aromatic hydroxyl groups is 6. The zero-order valence-electron chi connectivity index (χ0n) is 17.0. The van der Waals surface area contributed by atoms with Gasteiger partial charge in [-0.25, -0.2) is 9.59 Å². The number of carbonyl (C=O) groups excluding carboxylic acids is 2. The van der Waals surface area contributed by atoms with Gasteiger partial charge in [-0.15, -0.1) is 0 Å². The fourth-order valence-corrected chi connectivity index (χ4v) is 3.16. The molecule has 1 heterocycles. The Balaban J connectivity index is 1.82. The fourth-order valence-electron chi connectivity index (χ4n) is 3.16. The smallest absolute Gasteiger partial charge is 0.338 e. The van der Waals surface area contributed by atoms with E-state index in [1.54, 1.807) is 0 Å². The van der Waals surface area contributed by atoms with Gasteiger partial charge in [-0.2, -0.15) is 0 Å². The minimum absolute atomic E-state index is 0.466. The van der Waals surface area contributed by atoms with Crippen molar-refractivity contribution in [2.75, 3.05) is 6.61 Å². The Hall–Kier alpha value is -3.98. The predicted octanol–water partition coefficient (Wildman–Crippen LogP) is -1.26. The zero-order valence-corrected chi connectivity index (χ0v) is 17.0. The Labute approximate surface area is 189 Å². The first-order chi connectivity index (χ1) is 15.9. The fraction of sp³-hybridized carbons (Fsp3) is 0.300. The summed E-state index contributed by atoms with van der Waals surface area (Å²) >= 11 is 0. The normalized spacial score (nSPS) is 24.4. The van der Waals surface area contributed by atoms with Crippen molar-refractivity contribution in [2.45, 2.75) is 30.7 Å². The minimum atomic E-state index is -2.01. The van der Waals surface area contributed by atoms with Crippen LogP contribution in [0.15, 0.2) is 24.3 Å². The molecule has 0 saturated carbocycles. The number of rotatable bonds is 5. The number of aliphatic hydroxyl groups is 3. The van der Waals surface area contributed by atoms with E-state index in [0.717, 1.165) is 24.3 Å². The number of aliphatic hydroxyl groups excluding tert-OH is 3. The lowest BCUT2D eigenvalue weighted by molar-refractivity contribution is -0.285. The second kappa shape index (κ2) is 9.48. The van der Waals surface area contributed by atoms with Crippen LogP contribution in [0.5, 0.6) is 34.5 Å². The van der Waals surface area contributed by atoms with Gasteiger partial charge in [-0.3, -0.25) is 0 Å². The largest absolute Gasteiger partial charge is 0.504 e. The van der Waals surface area contributed by atoms with Crippen molar-refractivity contribution in [1.29, 1.82) is 0 Å². The Kier molecular flexibility index (Phi) is 6.88. The van der Waals surface area contributed by atoms with Crippen LogP contribution < -0.4 is 0 Å². The van der Waals surface area contributed by atoms with Crippen molar-refractivity contribution in [1.82, 2.24) is 0 Å². The highest BCUT2D eigenvalue weighted by atomic mass is 16.7. The third kappa shape index (κ3) is 4.69. The van der Waals surface area contributed by atoms with Gasteiger partial charge in [-0.05, 0) is 24.3 Å². The zero-order chi connectivity index (χ0) is 25.3. The molecule has 1 aliphatic heterocycles. The molecule has 2 aromatic rings. The molecular weight excluding hydrogens is 464 g/mol. The van der Waals surface area contributed by atoms with E-state index in [1.807, 2.05) is 0 Å². The molecule has 3 rings (SSSR count). The van der Waals surface area contributed by atoms with Crippen LogP contribution in [0.2, 0.25) is 0 Å². The summed E-state index contributed by atoms with van der Waals surface area (Å²) in [6.45, 7) is -0.863. The molecule has 0 aromatic heterocycles. The number of hydrogen-bond acceptors (Lipinski definition) is 14. The Bertz CT molecular complexity index is 1050. The number of phenols is 6. The molecule has 2 aromatic carbocycles. The average Bonchev–Trinajstić information content (AvgIpc) is 2.79. The third-order valence-electron chi connectivity index (χ3n) is 4.91. The maximum absolute atomic E-state index is 12.5. The molecule has 0 amide bonds. The molecule has 0 radical (unpaired) electrons. The molecule has 1 saturated heterocycles. The van der Waals surface area contributed by atoms with E-state index in [1.165, 1.54) is 0 Å². The summed E-state index contributed by atoms with van der Waals surface area (Å²) in [4.78, 5) is 24.8.